The Hall–Kier alpha value is -1.84. The van der Waals surface area contributed by atoms with Crippen LogP contribution in [-0.2, 0) is 4.79 Å². The van der Waals surface area contributed by atoms with Crippen LogP contribution in [0.15, 0.2) is 40.7 Å². The van der Waals surface area contributed by atoms with Crippen molar-refractivity contribution in [3.63, 3.8) is 0 Å². The van der Waals surface area contributed by atoms with Crippen molar-refractivity contribution in [2.24, 2.45) is 5.16 Å². The van der Waals surface area contributed by atoms with Gasteiger partial charge in [0.15, 0.2) is 0 Å². The maximum absolute atomic E-state index is 11.6. The topological polar surface area (TPSA) is 52.9 Å². The molecule has 0 radical (unpaired) electrons. The van der Waals surface area contributed by atoms with Gasteiger partial charge in [0.05, 0.1) is 12.1 Å². The van der Waals surface area contributed by atoms with Crippen molar-refractivity contribution in [1.29, 1.82) is 0 Å². The summed E-state index contributed by atoms with van der Waals surface area (Å²) in [6.45, 7) is 0. The van der Waals surface area contributed by atoms with Crippen LogP contribution < -0.4 is 0 Å². The Morgan fingerprint density at radius 1 is 1.47 bits per heavy atom. The molecule has 0 aromatic carbocycles. The van der Waals surface area contributed by atoms with Gasteiger partial charge in [0, 0.05) is 25.2 Å². The van der Waals surface area contributed by atoms with E-state index in [1.165, 1.54) is 0 Å². The lowest BCUT2D eigenvalue weighted by Gasteiger charge is -2.12. The maximum Gasteiger partial charge on any atom is 0.230 e. The predicted molar refractivity (Wildman–Crippen MR) is 56.5 cm³/mol. The Labute approximate surface area is 87.9 Å². The average molecular weight is 204 g/mol. The van der Waals surface area contributed by atoms with Gasteiger partial charge >= 0.3 is 0 Å². The summed E-state index contributed by atoms with van der Waals surface area (Å²) in [5.74, 6) is 0.0417. The Morgan fingerprint density at radius 3 is 3.00 bits per heavy atom. The quantitative estimate of drug-likeness (QED) is 0.479. The van der Waals surface area contributed by atoms with Gasteiger partial charge in [-0.2, -0.15) is 0 Å². The molecule has 0 bridgehead atoms. The molecule has 2 rings (SSSR count). The van der Waals surface area contributed by atoms with Gasteiger partial charge < -0.3 is 10.1 Å². The van der Waals surface area contributed by atoms with Crippen molar-refractivity contribution >= 4 is 11.6 Å². The van der Waals surface area contributed by atoms with E-state index < -0.39 is 0 Å². The summed E-state index contributed by atoms with van der Waals surface area (Å²) in [5, 5.41) is 12.1. The van der Waals surface area contributed by atoms with Gasteiger partial charge in [-0.05, 0) is 11.6 Å². The number of carbonyl (C=O) groups excluding carboxylic acids is 1. The van der Waals surface area contributed by atoms with Gasteiger partial charge in [0.25, 0.3) is 0 Å². The summed E-state index contributed by atoms with van der Waals surface area (Å²) in [5.41, 5.74) is 2.39. The third kappa shape index (κ3) is 1.70. The summed E-state index contributed by atoms with van der Waals surface area (Å²) in [7, 11) is 1.72. The van der Waals surface area contributed by atoms with Crippen LogP contribution in [-0.4, -0.2) is 28.8 Å². The van der Waals surface area contributed by atoms with E-state index in [9.17, 15) is 4.79 Å². The molecule has 4 nitrogen and oxygen atoms in total. The molecule has 1 N–H and O–H groups in total. The van der Waals surface area contributed by atoms with Crippen LogP contribution in [0.2, 0.25) is 0 Å². The molecule has 0 fully saturated rings. The largest absolute Gasteiger partial charge is 0.411 e. The summed E-state index contributed by atoms with van der Waals surface area (Å²) in [4.78, 5) is 13.1. The Bertz CT molecular complexity index is 416. The summed E-state index contributed by atoms with van der Waals surface area (Å²) in [6.07, 6.45) is 8.31. The van der Waals surface area contributed by atoms with Crippen LogP contribution in [0.5, 0.6) is 0 Å². The monoisotopic (exact) mass is 204 g/mol. The van der Waals surface area contributed by atoms with Crippen LogP contribution >= 0.6 is 0 Å². The van der Waals surface area contributed by atoms with E-state index in [4.69, 9.17) is 5.21 Å². The number of allylic oxidation sites excluding steroid dienone is 4. The van der Waals surface area contributed by atoms with Gasteiger partial charge in [-0.1, -0.05) is 17.3 Å². The zero-order valence-electron chi connectivity index (χ0n) is 8.47. The lowest BCUT2D eigenvalue weighted by molar-refractivity contribution is -0.126. The second kappa shape index (κ2) is 3.73. The maximum atomic E-state index is 11.6. The number of hydrogen-bond donors (Lipinski definition) is 1. The van der Waals surface area contributed by atoms with E-state index in [0.29, 0.717) is 18.6 Å². The molecule has 1 aliphatic heterocycles. The number of amides is 1. The minimum atomic E-state index is 0.0417. The number of rotatable bonds is 0. The van der Waals surface area contributed by atoms with E-state index in [2.05, 4.69) is 5.16 Å². The van der Waals surface area contributed by atoms with Gasteiger partial charge in [0.1, 0.15) is 0 Å². The van der Waals surface area contributed by atoms with E-state index in [0.717, 1.165) is 11.1 Å². The molecule has 1 amide bonds. The molecular formula is C11H12N2O2. The second-order valence-electron chi connectivity index (χ2n) is 3.59. The first-order valence-electron chi connectivity index (χ1n) is 4.77. The van der Waals surface area contributed by atoms with E-state index >= 15 is 0 Å². The van der Waals surface area contributed by atoms with Crippen molar-refractivity contribution in [2.45, 2.75) is 12.8 Å². The number of carbonyl (C=O) groups is 1. The molecule has 1 aliphatic carbocycles. The Balaban J connectivity index is 2.45. The van der Waals surface area contributed by atoms with Crippen LogP contribution in [0.4, 0.5) is 0 Å². The Morgan fingerprint density at radius 2 is 2.27 bits per heavy atom. The molecule has 0 unspecified atom stereocenters. The Kier molecular flexibility index (Phi) is 2.41. The fourth-order valence-corrected chi connectivity index (χ4v) is 1.71. The predicted octanol–water partition coefficient (Wildman–Crippen LogP) is 1.45. The van der Waals surface area contributed by atoms with Crippen LogP contribution in [0.25, 0.3) is 0 Å². The van der Waals surface area contributed by atoms with Gasteiger partial charge in [-0.15, -0.1) is 0 Å². The summed E-state index contributed by atoms with van der Waals surface area (Å²) < 4.78 is 0. The second-order valence-corrected chi connectivity index (χ2v) is 3.59. The van der Waals surface area contributed by atoms with Gasteiger partial charge in [-0.25, -0.2) is 0 Å². The molecule has 0 atom stereocenters. The fourth-order valence-electron chi connectivity index (χ4n) is 1.71. The van der Waals surface area contributed by atoms with Crippen molar-refractivity contribution in [1.82, 2.24) is 4.90 Å². The molecule has 78 valence electrons. The first-order valence-corrected chi connectivity index (χ1v) is 4.77. The number of nitrogens with zero attached hydrogens (tertiary/aromatic N) is 2. The molecule has 0 aromatic rings. The first-order chi connectivity index (χ1) is 7.22. The third-order valence-corrected chi connectivity index (χ3v) is 2.61. The van der Waals surface area contributed by atoms with Crippen molar-refractivity contribution in [3.8, 4) is 0 Å². The molecule has 1 heterocycles. The molecular weight excluding hydrogens is 192 g/mol. The average Bonchev–Trinajstić information content (AvgIpc) is 2.39. The van der Waals surface area contributed by atoms with E-state index in [-0.39, 0.29) is 5.91 Å². The van der Waals surface area contributed by atoms with Crippen molar-refractivity contribution in [3.05, 3.63) is 35.6 Å². The molecule has 0 saturated carbocycles. The minimum absolute atomic E-state index is 0.0417. The van der Waals surface area contributed by atoms with Gasteiger partial charge in [0.2, 0.25) is 5.91 Å². The third-order valence-electron chi connectivity index (χ3n) is 2.61. The molecule has 0 saturated heterocycles. The highest BCUT2D eigenvalue weighted by Gasteiger charge is 2.19. The fraction of sp³-hybridized carbons (Fsp3) is 0.273. The highest BCUT2D eigenvalue weighted by Crippen LogP contribution is 2.24. The smallest absolute Gasteiger partial charge is 0.230 e. The lowest BCUT2D eigenvalue weighted by atomic mass is 9.94. The zero-order chi connectivity index (χ0) is 10.8. The van der Waals surface area contributed by atoms with Crippen LogP contribution in [0.3, 0.4) is 0 Å². The molecule has 2 aliphatic rings. The molecule has 4 heteroatoms. The SMILES string of the molecule is CN1C=CC2=C(C=CCC2=NO)CC1=O. The van der Waals surface area contributed by atoms with Gasteiger partial charge in [-0.3, -0.25) is 4.79 Å². The zero-order valence-corrected chi connectivity index (χ0v) is 8.47. The van der Waals surface area contributed by atoms with E-state index in [1.807, 2.05) is 18.2 Å². The number of oxime groups is 1. The van der Waals surface area contributed by atoms with Crippen molar-refractivity contribution in [2.75, 3.05) is 7.05 Å². The number of hydrogen-bond acceptors (Lipinski definition) is 3. The minimum Gasteiger partial charge on any atom is -0.411 e. The van der Waals surface area contributed by atoms with Crippen LogP contribution in [0, 0.1) is 0 Å². The summed E-state index contributed by atoms with van der Waals surface area (Å²) >= 11 is 0. The molecule has 0 aromatic heterocycles. The normalized spacial score (nSPS) is 23.4. The first kappa shape index (κ1) is 9.71. The summed E-state index contributed by atoms with van der Waals surface area (Å²) in [6, 6.07) is 0. The highest BCUT2D eigenvalue weighted by atomic mass is 16.4. The van der Waals surface area contributed by atoms with Crippen molar-refractivity contribution < 1.29 is 10.0 Å². The molecule has 0 spiro atoms. The van der Waals surface area contributed by atoms with E-state index in [1.54, 1.807) is 18.1 Å². The van der Waals surface area contributed by atoms with Crippen LogP contribution in [0.1, 0.15) is 12.8 Å². The highest BCUT2D eigenvalue weighted by molar-refractivity contribution is 6.06. The standard InChI is InChI=1S/C11H12N2O2/c1-13-6-5-9-8(7-11(13)14)3-2-4-10(9)12-15/h2-3,5-6,15H,4,7H2,1H3. The molecule has 15 heavy (non-hydrogen) atoms. The lowest BCUT2D eigenvalue weighted by Crippen LogP contribution is -2.19.